The van der Waals surface area contributed by atoms with Gasteiger partial charge in [0.2, 0.25) is 6.54 Å². The summed E-state index contributed by atoms with van der Waals surface area (Å²) in [6.45, 7) is 0.0669. The van der Waals surface area contributed by atoms with Gasteiger partial charge in [0.05, 0.1) is 10.5 Å². The van der Waals surface area contributed by atoms with Gasteiger partial charge in [0.1, 0.15) is 0 Å². The molecular weight excluding hydrogens is 472 g/mol. The highest BCUT2D eigenvalue weighted by Crippen LogP contribution is 2.06. The molecule has 0 bridgehead atoms. The second-order valence-electron chi connectivity index (χ2n) is 6.05. The molecule has 0 spiro atoms. The number of aromatic nitrogens is 1. The normalized spacial score (nSPS) is 10.5. The molecule has 2 aromatic carbocycles. The molecule has 3 aromatic rings. The van der Waals surface area contributed by atoms with Crippen LogP contribution in [0.5, 0.6) is 0 Å². The monoisotopic (exact) mass is 490 g/mol. The Kier molecular flexibility index (Phi) is 8.22. The Bertz CT molecular complexity index is 1090. The van der Waals surface area contributed by atoms with Crippen LogP contribution in [0.4, 0.5) is 5.69 Å². The zero-order valence-corrected chi connectivity index (χ0v) is 18.1. The van der Waals surface area contributed by atoms with Crippen molar-refractivity contribution in [3.8, 4) is 0 Å². The van der Waals surface area contributed by atoms with Gasteiger partial charge in [-0.1, -0.05) is 36.4 Å². The van der Waals surface area contributed by atoms with Crippen LogP contribution in [0.1, 0.15) is 10.4 Å². The van der Waals surface area contributed by atoms with Crippen molar-refractivity contribution in [1.29, 1.82) is 0 Å². The van der Waals surface area contributed by atoms with Crippen LogP contribution in [0.15, 0.2) is 90.1 Å². The maximum atomic E-state index is 12.2. The van der Waals surface area contributed by atoms with Crippen LogP contribution < -0.4 is 37.1 Å². The first kappa shape index (κ1) is 23.2. The molecule has 30 heavy (non-hydrogen) atoms. The molecule has 0 aliphatic carbocycles. The Balaban J connectivity index is 0.00000320. The van der Waals surface area contributed by atoms with Gasteiger partial charge in [0.25, 0.3) is 21.8 Å². The van der Waals surface area contributed by atoms with E-state index in [4.69, 9.17) is 0 Å². The van der Waals surface area contributed by atoms with Crippen LogP contribution in [0.3, 0.4) is 0 Å². The van der Waals surface area contributed by atoms with Gasteiger partial charge < -0.3 is 22.3 Å². The molecule has 1 heterocycles. The summed E-state index contributed by atoms with van der Waals surface area (Å²) in [5, 5.41) is 2.76. The zero-order valence-electron chi connectivity index (χ0n) is 15.7. The van der Waals surface area contributed by atoms with E-state index in [-0.39, 0.29) is 39.9 Å². The molecule has 0 fully saturated rings. The lowest BCUT2D eigenvalue weighted by molar-refractivity contribution is -0.684. The third-order valence-corrected chi connectivity index (χ3v) is 5.15. The van der Waals surface area contributed by atoms with Crippen LogP contribution in [-0.4, -0.2) is 20.2 Å². The van der Waals surface area contributed by atoms with E-state index in [0.29, 0.717) is 5.69 Å². The number of hydrazine groups is 1. The molecule has 3 rings (SSSR count). The fraction of sp³-hybridized carbons (Fsp3) is 0.0500. The standard InChI is InChI=1S/C20H18N4O4S.BrH/c25-19(21-17-7-3-1-4-8-17)15-24-13-11-16(12-14-24)20(26)22-23-29(27,28)18-9-5-2-6-10-18;/h1-14H,15H2,(H2,21,25,26);1H. The van der Waals surface area contributed by atoms with Crippen molar-refractivity contribution in [1.82, 2.24) is 10.3 Å². The molecular formula is C20H19BrN4O4S. The molecule has 0 aliphatic rings. The van der Waals surface area contributed by atoms with Crippen molar-refractivity contribution < 1.29 is 39.6 Å². The summed E-state index contributed by atoms with van der Waals surface area (Å²) >= 11 is 0. The minimum absolute atomic E-state index is 0. The van der Waals surface area contributed by atoms with Gasteiger partial charge in [-0.15, -0.1) is 4.83 Å². The quantitative estimate of drug-likeness (QED) is 0.269. The number of anilines is 1. The number of nitrogens with one attached hydrogen (secondary N) is 3. The van der Waals surface area contributed by atoms with Gasteiger partial charge in [-0.3, -0.25) is 15.0 Å². The molecule has 3 N–H and O–H groups in total. The van der Waals surface area contributed by atoms with E-state index in [1.54, 1.807) is 47.3 Å². The smallest absolute Gasteiger partial charge is 0.290 e. The largest absolute Gasteiger partial charge is 1.00 e. The number of nitrogens with zero attached hydrogens (tertiary/aromatic N) is 1. The number of hydrogen-bond acceptors (Lipinski definition) is 4. The van der Waals surface area contributed by atoms with Gasteiger partial charge in [-0.25, -0.2) is 8.42 Å². The van der Waals surface area contributed by atoms with Gasteiger partial charge in [0, 0.05) is 17.8 Å². The fourth-order valence-electron chi connectivity index (χ4n) is 2.45. The number of hydrogen-bond donors (Lipinski definition) is 3. The molecule has 2 amide bonds. The van der Waals surface area contributed by atoms with Crippen molar-refractivity contribution in [3.05, 3.63) is 90.8 Å². The topological polar surface area (TPSA) is 108 Å². The molecule has 0 radical (unpaired) electrons. The summed E-state index contributed by atoms with van der Waals surface area (Å²) < 4.78 is 25.8. The summed E-state index contributed by atoms with van der Waals surface area (Å²) in [5.41, 5.74) is 3.10. The predicted octanol–water partition coefficient (Wildman–Crippen LogP) is -1.76. The van der Waals surface area contributed by atoms with Crippen LogP contribution >= 0.6 is 0 Å². The minimum Gasteiger partial charge on any atom is -1.00 e. The van der Waals surface area contributed by atoms with Crippen molar-refractivity contribution in [2.75, 3.05) is 5.32 Å². The molecule has 10 heteroatoms. The third kappa shape index (κ3) is 6.48. The Labute approximate surface area is 184 Å². The number of para-hydroxylation sites is 1. The lowest BCUT2D eigenvalue weighted by Crippen LogP contribution is -3.00. The SMILES string of the molecule is O=C(C[n+]1ccc(C(=O)NNS(=O)(=O)c2ccccc2)cc1)Nc1ccccc1.[Br-]. The van der Waals surface area contributed by atoms with Crippen molar-refractivity contribution in [2.45, 2.75) is 11.4 Å². The molecule has 8 nitrogen and oxygen atoms in total. The number of carbonyl (C=O) groups excluding carboxylic acids is 2. The first-order valence-corrected chi connectivity index (χ1v) is 10.1. The number of pyridine rings is 1. The van der Waals surface area contributed by atoms with Gasteiger partial charge in [0.15, 0.2) is 12.4 Å². The highest BCUT2D eigenvalue weighted by atomic mass is 79.9. The van der Waals surface area contributed by atoms with Gasteiger partial charge in [-0.2, -0.15) is 4.57 Å². The molecule has 1 aromatic heterocycles. The first-order valence-electron chi connectivity index (χ1n) is 8.65. The first-order chi connectivity index (χ1) is 13.9. The van der Waals surface area contributed by atoms with Gasteiger partial charge in [-0.05, 0) is 24.3 Å². The third-order valence-electron chi connectivity index (χ3n) is 3.89. The lowest BCUT2D eigenvalue weighted by atomic mass is 10.2. The van der Waals surface area contributed by atoms with Crippen molar-refractivity contribution >= 4 is 27.5 Å². The van der Waals surface area contributed by atoms with Gasteiger partial charge >= 0.3 is 0 Å². The molecule has 0 atom stereocenters. The average molecular weight is 491 g/mol. The molecule has 0 saturated carbocycles. The molecule has 0 saturated heterocycles. The van der Waals surface area contributed by atoms with Crippen LogP contribution in [0.25, 0.3) is 0 Å². The summed E-state index contributed by atoms with van der Waals surface area (Å²) in [7, 11) is -3.86. The minimum atomic E-state index is -3.86. The summed E-state index contributed by atoms with van der Waals surface area (Å²) in [6, 6.07) is 19.7. The molecule has 0 unspecified atom stereocenters. The van der Waals surface area contributed by atoms with E-state index in [2.05, 4.69) is 10.7 Å². The number of carbonyl (C=O) groups is 2. The average Bonchev–Trinajstić information content (AvgIpc) is 2.74. The highest BCUT2D eigenvalue weighted by Gasteiger charge is 2.16. The van der Waals surface area contributed by atoms with E-state index in [1.807, 2.05) is 23.0 Å². The van der Waals surface area contributed by atoms with E-state index < -0.39 is 15.9 Å². The second-order valence-corrected chi connectivity index (χ2v) is 7.73. The zero-order chi connectivity index (χ0) is 20.7. The number of amides is 2. The lowest BCUT2D eigenvalue weighted by Gasteiger charge is -2.08. The number of rotatable bonds is 7. The Hall–Kier alpha value is -3.08. The Morgan fingerprint density at radius 3 is 2.00 bits per heavy atom. The van der Waals surface area contributed by atoms with E-state index in [9.17, 15) is 18.0 Å². The van der Waals surface area contributed by atoms with Crippen LogP contribution in [-0.2, 0) is 21.4 Å². The summed E-state index contributed by atoms with van der Waals surface area (Å²) in [5.74, 6) is -0.834. The van der Waals surface area contributed by atoms with Crippen molar-refractivity contribution in [3.63, 3.8) is 0 Å². The van der Waals surface area contributed by atoms with E-state index in [0.717, 1.165) is 0 Å². The molecule has 0 aliphatic heterocycles. The van der Waals surface area contributed by atoms with E-state index >= 15 is 0 Å². The highest BCUT2D eigenvalue weighted by molar-refractivity contribution is 7.89. The summed E-state index contributed by atoms with van der Waals surface area (Å²) in [6.07, 6.45) is 3.12. The predicted molar refractivity (Wildman–Crippen MR) is 106 cm³/mol. The van der Waals surface area contributed by atoms with E-state index in [1.165, 1.54) is 24.3 Å². The maximum absolute atomic E-state index is 12.2. The number of halogens is 1. The Morgan fingerprint density at radius 2 is 1.40 bits per heavy atom. The second kappa shape index (κ2) is 10.6. The fourth-order valence-corrected chi connectivity index (χ4v) is 3.31. The summed E-state index contributed by atoms with van der Waals surface area (Å²) in [4.78, 5) is 26.3. The molecule has 156 valence electrons. The number of benzene rings is 2. The van der Waals surface area contributed by atoms with Crippen LogP contribution in [0.2, 0.25) is 0 Å². The maximum Gasteiger partial charge on any atom is 0.290 e. The van der Waals surface area contributed by atoms with Crippen molar-refractivity contribution in [2.24, 2.45) is 0 Å². The number of sulfonamides is 1. The van der Waals surface area contributed by atoms with Crippen LogP contribution in [0, 0.1) is 0 Å². The Morgan fingerprint density at radius 1 is 0.833 bits per heavy atom.